The maximum Gasteiger partial charge on any atom is 0.335 e. The zero-order valence-corrected chi connectivity index (χ0v) is 17.8. The van der Waals surface area contributed by atoms with Crippen LogP contribution in [-0.4, -0.2) is 35.6 Å². The van der Waals surface area contributed by atoms with Crippen molar-refractivity contribution < 1.29 is 14.7 Å². The fraction of sp³-hybridized carbons (Fsp3) is 0.154. The minimum absolute atomic E-state index is 0.0349. The van der Waals surface area contributed by atoms with E-state index in [1.165, 1.54) is 0 Å². The molecule has 1 aromatic heterocycles. The molecule has 0 fully saturated rings. The molecule has 0 unspecified atom stereocenters. The van der Waals surface area contributed by atoms with Crippen LogP contribution in [0, 0.1) is 0 Å². The third-order valence-electron chi connectivity index (χ3n) is 5.49. The summed E-state index contributed by atoms with van der Waals surface area (Å²) in [4.78, 5) is 26.6. The molecule has 6 nitrogen and oxygen atoms in total. The number of H-pyrrole nitrogens is 1. The lowest BCUT2D eigenvalue weighted by molar-refractivity contribution is 0.0696. The van der Waals surface area contributed by atoms with Gasteiger partial charge >= 0.3 is 5.97 Å². The van der Waals surface area contributed by atoms with E-state index in [0.717, 1.165) is 40.1 Å². The van der Waals surface area contributed by atoms with Gasteiger partial charge in [0.1, 0.15) is 0 Å². The number of carboxylic acids is 1. The molecule has 0 radical (unpaired) electrons. The predicted molar refractivity (Wildman–Crippen MR) is 126 cm³/mol. The van der Waals surface area contributed by atoms with Gasteiger partial charge in [0.2, 0.25) is 0 Å². The zero-order chi connectivity index (χ0) is 22.5. The number of benzene rings is 2. The number of hydrogen-bond acceptors (Lipinski definition) is 3. The Kier molecular flexibility index (Phi) is 6.22. The van der Waals surface area contributed by atoms with E-state index < -0.39 is 5.97 Å². The molecule has 0 spiro atoms. The van der Waals surface area contributed by atoms with Crippen LogP contribution in [0.15, 0.2) is 72.9 Å². The summed E-state index contributed by atoms with van der Waals surface area (Å²) in [5.74, 6) is -0.964. The summed E-state index contributed by atoms with van der Waals surface area (Å²) in [6.07, 6.45) is 7.50. The summed E-state index contributed by atoms with van der Waals surface area (Å²) in [7, 11) is 1.85. The largest absolute Gasteiger partial charge is 0.478 e. The SMILES string of the molecule is CN/C=C\C(=C/Cc1cccc(-c2ccc(C(=O)O)cc2)c1)c1cc2c([nH]1)CCNC2=O. The van der Waals surface area contributed by atoms with Gasteiger partial charge in [0, 0.05) is 31.4 Å². The first-order chi connectivity index (χ1) is 15.5. The van der Waals surface area contributed by atoms with E-state index in [9.17, 15) is 9.59 Å². The summed E-state index contributed by atoms with van der Waals surface area (Å²) in [6.45, 7) is 0.650. The molecule has 0 saturated carbocycles. The first-order valence-electron chi connectivity index (χ1n) is 10.5. The van der Waals surface area contributed by atoms with Crippen LogP contribution in [-0.2, 0) is 12.8 Å². The monoisotopic (exact) mass is 427 g/mol. The lowest BCUT2D eigenvalue weighted by Crippen LogP contribution is -2.31. The quantitative estimate of drug-likeness (QED) is 0.428. The van der Waals surface area contributed by atoms with E-state index in [-0.39, 0.29) is 11.5 Å². The van der Waals surface area contributed by atoms with Crippen molar-refractivity contribution in [3.8, 4) is 11.1 Å². The molecule has 0 saturated heterocycles. The van der Waals surface area contributed by atoms with Gasteiger partial charge in [0.05, 0.1) is 11.1 Å². The van der Waals surface area contributed by atoms with Crippen LogP contribution in [0.3, 0.4) is 0 Å². The van der Waals surface area contributed by atoms with Crippen molar-refractivity contribution in [1.82, 2.24) is 15.6 Å². The van der Waals surface area contributed by atoms with Gasteiger partial charge in [-0.3, -0.25) is 4.79 Å². The number of amides is 1. The van der Waals surface area contributed by atoms with Gasteiger partial charge in [0.25, 0.3) is 5.91 Å². The summed E-state index contributed by atoms with van der Waals surface area (Å²) in [6, 6.07) is 17.0. The number of aromatic nitrogens is 1. The number of aromatic amines is 1. The van der Waals surface area contributed by atoms with Crippen molar-refractivity contribution >= 4 is 17.4 Å². The second-order valence-corrected chi connectivity index (χ2v) is 7.65. The predicted octanol–water partition coefficient (Wildman–Crippen LogP) is 4.03. The maximum absolute atomic E-state index is 12.1. The standard InChI is InChI=1S/C26H25N3O3/c1-27-13-11-19(24-16-22-23(29-24)12-14-28-25(22)30)6-5-17-3-2-4-21(15-17)18-7-9-20(10-8-18)26(31)32/h2-4,6-11,13,15-16,27,29H,5,12,14H2,1H3,(H,28,30)(H,31,32)/b13-11-,19-6+. The van der Waals surface area contributed by atoms with Gasteiger partial charge in [-0.1, -0.05) is 42.5 Å². The molecular weight excluding hydrogens is 402 g/mol. The van der Waals surface area contributed by atoms with Crippen LogP contribution in [0.25, 0.3) is 16.7 Å². The maximum atomic E-state index is 12.1. The van der Waals surface area contributed by atoms with E-state index in [1.807, 2.05) is 49.7 Å². The zero-order valence-electron chi connectivity index (χ0n) is 17.8. The van der Waals surface area contributed by atoms with Crippen molar-refractivity contribution in [2.45, 2.75) is 12.8 Å². The highest BCUT2D eigenvalue weighted by Crippen LogP contribution is 2.24. The third-order valence-corrected chi connectivity index (χ3v) is 5.49. The van der Waals surface area contributed by atoms with Gasteiger partial charge < -0.3 is 20.7 Å². The second-order valence-electron chi connectivity index (χ2n) is 7.65. The average molecular weight is 428 g/mol. The summed E-state index contributed by atoms with van der Waals surface area (Å²) >= 11 is 0. The highest BCUT2D eigenvalue weighted by atomic mass is 16.4. The van der Waals surface area contributed by atoms with Crippen LogP contribution < -0.4 is 10.6 Å². The highest BCUT2D eigenvalue weighted by Gasteiger charge is 2.20. The number of fused-ring (bicyclic) bond motifs is 1. The Morgan fingerprint density at radius 2 is 1.94 bits per heavy atom. The Morgan fingerprint density at radius 1 is 1.12 bits per heavy atom. The highest BCUT2D eigenvalue weighted by molar-refractivity contribution is 5.97. The normalized spacial score (nSPS) is 13.7. The summed E-state index contributed by atoms with van der Waals surface area (Å²) < 4.78 is 0. The van der Waals surface area contributed by atoms with Crippen molar-refractivity contribution in [2.24, 2.45) is 0 Å². The number of carbonyl (C=O) groups excluding carboxylic acids is 1. The van der Waals surface area contributed by atoms with E-state index in [4.69, 9.17) is 5.11 Å². The third kappa shape index (κ3) is 4.64. The lowest BCUT2D eigenvalue weighted by atomic mass is 9.99. The minimum atomic E-state index is -0.930. The molecule has 4 N–H and O–H groups in total. The molecule has 162 valence electrons. The van der Waals surface area contributed by atoms with E-state index in [2.05, 4.69) is 33.8 Å². The molecule has 2 heterocycles. The summed E-state index contributed by atoms with van der Waals surface area (Å²) in [5.41, 5.74) is 7.01. The summed E-state index contributed by atoms with van der Waals surface area (Å²) in [5, 5.41) is 15.0. The Bertz CT molecular complexity index is 1200. The number of hydrogen-bond donors (Lipinski definition) is 4. The fourth-order valence-electron chi connectivity index (χ4n) is 3.80. The number of carbonyl (C=O) groups is 2. The van der Waals surface area contributed by atoms with Crippen LogP contribution in [0.5, 0.6) is 0 Å². The van der Waals surface area contributed by atoms with Crippen LogP contribution in [0.4, 0.5) is 0 Å². The molecule has 1 amide bonds. The van der Waals surface area contributed by atoms with Crippen LogP contribution in [0.2, 0.25) is 0 Å². The smallest absolute Gasteiger partial charge is 0.335 e. The van der Waals surface area contributed by atoms with Gasteiger partial charge in [-0.15, -0.1) is 0 Å². The van der Waals surface area contributed by atoms with Crippen molar-refractivity contribution in [3.05, 3.63) is 101 Å². The van der Waals surface area contributed by atoms with Crippen LogP contribution >= 0.6 is 0 Å². The molecular formula is C26H25N3O3. The van der Waals surface area contributed by atoms with Gasteiger partial charge in [-0.2, -0.15) is 0 Å². The molecule has 0 atom stereocenters. The van der Waals surface area contributed by atoms with Crippen molar-refractivity contribution in [3.63, 3.8) is 0 Å². The second kappa shape index (κ2) is 9.39. The Hall–Kier alpha value is -4.06. The van der Waals surface area contributed by atoms with Gasteiger partial charge in [0.15, 0.2) is 0 Å². The van der Waals surface area contributed by atoms with Gasteiger partial charge in [-0.05, 0) is 59.2 Å². The van der Waals surface area contributed by atoms with E-state index in [0.29, 0.717) is 18.5 Å². The molecule has 32 heavy (non-hydrogen) atoms. The number of allylic oxidation sites excluding steroid dienone is 3. The molecule has 3 aromatic rings. The molecule has 6 heteroatoms. The number of aromatic carboxylic acids is 1. The fourth-order valence-corrected chi connectivity index (χ4v) is 3.80. The molecule has 2 aromatic carbocycles. The molecule has 4 rings (SSSR count). The lowest BCUT2D eigenvalue weighted by Gasteiger charge is -2.11. The molecule has 1 aliphatic rings. The molecule has 0 bridgehead atoms. The Morgan fingerprint density at radius 3 is 2.66 bits per heavy atom. The topological polar surface area (TPSA) is 94.2 Å². The Balaban J connectivity index is 1.59. The number of carboxylic acid groups (broad SMARTS) is 1. The first-order valence-corrected chi connectivity index (χ1v) is 10.5. The van der Waals surface area contributed by atoms with E-state index in [1.54, 1.807) is 12.1 Å². The van der Waals surface area contributed by atoms with E-state index >= 15 is 0 Å². The van der Waals surface area contributed by atoms with Crippen molar-refractivity contribution in [2.75, 3.05) is 13.6 Å². The molecule has 0 aliphatic carbocycles. The van der Waals surface area contributed by atoms with Crippen molar-refractivity contribution in [1.29, 1.82) is 0 Å². The van der Waals surface area contributed by atoms with Gasteiger partial charge in [-0.25, -0.2) is 4.79 Å². The average Bonchev–Trinajstić information content (AvgIpc) is 3.25. The molecule has 1 aliphatic heterocycles. The Labute approximate surface area is 186 Å². The number of nitrogens with one attached hydrogen (secondary N) is 3. The van der Waals surface area contributed by atoms with Crippen LogP contribution in [0.1, 0.15) is 37.7 Å². The minimum Gasteiger partial charge on any atom is -0.478 e. The first kappa shape index (κ1) is 21.2. The number of rotatable bonds is 7.